The normalized spacial score (nSPS) is 33.5. The van der Waals surface area contributed by atoms with Crippen LogP contribution in [-0.2, 0) is 95.5 Å². The molecule has 0 amide bonds. The first kappa shape index (κ1) is 42.8. The van der Waals surface area contributed by atoms with E-state index in [1.165, 1.54) is 14.2 Å². The molecule has 11 atom stereocenters. The molecule has 0 spiro atoms. The van der Waals surface area contributed by atoms with E-state index < -0.39 is 68.8 Å². The van der Waals surface area contributed by atoms with E-state index in [1.807, 2.05) is 0 Å². The molecular weight excluding hydrogens is 741 g/mol. The van der Waals surface area contributed by atoms with Gasteiger partial charge in [0.2, 0.25) is 0 Å². The highest BCUT2D eigenvalue weighted by Crippen LogP contribution is 2.54. The second-order valence-corrected chi connectivity index (χ2v) is 18.9. The van der Waals surface area contributed by atoms with Crippen LogP contribution in [0.3, 0.4) is 0 Å². The summed E-state index contributed by atoms with van der Waals surface area (Å²) in [5.74, 6) is 0. The Morgan fingerprint density at radius 2 is 1.30 bits per heavy atom. The van der Waals surface area contributed by atoms with Crippen LogP contribution in [0.1, 0.15) is 19.3 Å². The van der Waals surface area contributed by atoms with Crippen LogP contribution in [0.15, 0.2) is 0 Å². The molecule has 0 aromatic rings. The minimum absolute atomic E-state index is 0.00767. The molecule has 0 aliphatic carbocycles. The number of ether oxygens (including phenoxy) is 6. The van der Waals surface area contributed by atoms with E-state index in [1.54, 1.807) is 0 Å². The minimum Gasteiger partial charge on any atom is -0.780 e. The van der Waals surface area contributed by atoms with Crippen LogP contribution in [0.25, 0.3) is 0 Å². The third-order valence-electron chi connectivity index (χ3n) is 6.86. The Bertz CT molecular complexity index is 1080. The van der Waals surface area contributed by atoms with Gasteiger partial charge in [0.25, 0.3) is 0 Å². The summed E-state index contributed by atoms with van der Waals surface area (Å²) in [5, 5.41) is 0. The van der Waals surface area contributed by atoms with Crippen molar-refractivity contribution in [3.05, 3.63) is 0 Å². The smallest absolute Gasteiger partial charge is 0.327 e. The van der Waals surface area contributed by atoms with E-state index in [9.17, 15) is 9.79 Å². The summed E-state index contributed by atoms with van der Waals surface area (Å²) in [6.07, 6.45) is -3.46. The minimum atomic E-state index is -3.97. The van der Waals surface area contributed by atoms with Crippen molar-refractivity contribution in [3.63, 3.8) is 0 Å². The van der Waals surface area contributed by atoms with Crippen LogP contribution in [-0.4, -0.2) is 145 Å². The van der Waals surface area contributed by atoms with Crippen LogP contribution in [0, 0.1) is 0 Å². The van der Waals surface area contributed by atoms with Gasteiger partial charge < -0.3 is 75.6 Å². The number of rotatable bonds is 24. The van der Waals surface area contributed by atoms with Crippen LogP contribution < -0.4 is 15.5 Å². The van der Waals surface area contributed by atoms with Crippen molar-refractivity contribution in [2.24, 2.45) is 5.73 Å². The number of hydrogen-bond donors (Lipinski definition) is 1. The lowest BCUT2D eigenvalue weighted by Gasteiger charge is -2.34. The molecule has 3 rings (SSSR count). The molecule has 3 fully saturated rings. The van der Waals surface area contributed by atoms with E-state index in [-0.39, 0.29) is 45.9 Å². The summed E-state index contributed by atoms with van der Waals surface area (Å²) in [5.41, 5.74) is 5.41. The van der Waals surface area contributed by atoms with Crippen molar-refractivity contribution >= 4 is 71.3 Å². The van der Waals surface area contributed by atoms with Gasteiger partial charge in [0.1, 0.15) is 47.4 Å². The third-order valence-corrected chi connectivity index (χ3v) is 12.5. The molecule has 270 valence electrons. The molecule has 2 N–H and O–H groups in total. The molecule has 24 heteroatoms. The topological polar surface area (TPSA) is 192 Å². The van der Waals surface area contributed by atoms with Gasteiger partial charge in [-0.25, -0.2) is 0 Å². The van der Waals surface area contributed by atoms with Gasteiger partial charge in [-0.3, -0.25) is 0 Å². The van der Waals surface area contributed by atoms with Gasteiger partial charge in [0.05, 0.1) is 71.2 Å². The zero-order chi connectivity index (χ0) is 34.5. The van der Waals surface area contributed by atoms with Crippen molar-refractivity contribution in [1.29, 1.82) is 0 Å². The fourth-order valence-electron chi connectivity index (χ4n) is 4.69. The predicted molar refractivity (Wildman–Crippen MR) is 177 cm³/mol. The molecule has 0 aromatic carbocycles. The summed E-state index contributed by atoms with van der Waals surface area (Å²) < 4.78 is 72.4. The third kappa shape index (κ3) is 15.5. The number of nitrogens with two attached hydrogens (primary N) is 1. The zero-order valence-electron chi connectivity index (χ0n) is 26.2. The summed E-state index contributed by atoms with van der Waals surface area (Å²) in [7, 11) is 14.7. The van der Waals surface area contributed by atoms with E-state index in [2.05, 4.69) is 0 Å². The quantitative estimate of drug-likeness (QED) is 0.0728. The van der Waals surface area contributed by atoms with E-state index in [4.69, 9.17) is 117 Å². The van der Waals surface area contributed by atoms with Gasteiger partial charge in [0, 0.05) is 45.8 Å². The molecular formula is C23H42B2NO15P3S3-2. The second-order valence-electron chi connectivity index (χ2n) is 10.4. The zero-order valence-corrected chi connectivity index (χ0v) is 31.4. The first-order chi connectivity index (χ1) is 22.3. The standard InChI is InChI=1S/C23H44B2NO15P3S3/c1-29-13-19-16(3-5-33-19)39-43(28,46)35-14-20-18(12-23(25)37-20)41-44(47,34-10-9-32-8-7-31-6-4-26)36-15-21-17(11-22(24)38-21)40-42(27,45)30-2/h16-23H,3-15,26H2,1-2H3,(H,27,45)(H,28,46)/p-2. The molecule has 3 saturated heterocycles. The average molecular weight is 783 g/mol. The maximum atomic E-state index is 13.0. The fraction of sp³-hybridized carbons (Fsp3) is 1.00. The molecule has 0 bridgehead atoms. The molecule has 3 aliphatic rings. The van der Waals surface area contributed by atoms with Crippen LogP contribution in [0.2, 0.25) is 0 Å². The van der Waals surface area contributed by atoms with Gasteiger partial charge in [-0.2, -0.15) is 0 Å². The largest absolute Gasteiger partial charge is 0.780 e. The maximum Gasteiger partial charge on any atom is 0.327 e. The highest BCUT2D eigenvalue weighted by molar-refractivity contribution is 8.07. The summed E-state index contributed by atoms with van der Waals surface area (Å²) >= 11 is 15.8. The lowest BCUT2D eigenvalue weighted by molar-refractivity contribution is -0.215. The van der Waals surface area contributed by atoms with E-state index in [0.29, 0.717) is 39.4 Å². The summed E-state index contributed by atoms with van der Waals surface area (Å²) in [6, 6.07) is -1.51. The molecule has 47 heavy (non-hydrogen) atoms. The highest BCUT2D eigenvalue weighted by Gasteiger charge is 2.41. The summed E-state index contributed by atoms with van der Waals surface area (Å²) in [6.45, 7) is -9.61. The van der Waals surface area contributed by atoms with Gasteiger partial charge in [-0.1, -0.05) is 23.6 Å². The maximum absolute atomic E-state index is 13.0. The van der Waals surface area contributed by atoms with Gasteiger partial charge in [0.15, 0.2) is 0 Å². The van der Waals surface area contributed by atoms with Gasteiger partial charge in [-0.05, 0) is 24.6 Å². The SMILES string of the molecule is [B]C1CC(OP([O-])(=S)OC)C(COP(=S)(OCCOCCOCCN)OC2CC([B])OC2COP([O-])(=S)OC2CCOC2COC)O1. The van der Waals surface area contributed by atoms with Crippen LogP contribution in [0.5, 0.6) is 0 Å². The number of methoxy groups -OCH3 is 1. The van der Waals surface area contributed by atoms with Crippen LogP contribution >= 0.6 is 20.2 Å². The monoisotopic (exact) mass is 783 g/mol. The number of hydrogen-bond acceptors (Lipinski definition) is 19. The fourth-order valence-corrected chi connectivity index (χ4v) is 9.26. The molecule has 3 heterocycles. The molecule has 4 radical (unpaired) electrons. The Balaban J connectivity index is 1.63. The van der Waals surface area contributed by atoms with E-state index >= 15 is 0 Å². The summed E-state index contributed by atoms with van der Waals surface area (Å²) in [4.78, 5) is 25.3. The molecule has 3 aliphatic heterocycles. The van der Waals surface area contributed by atoms with Crippen molar-refractivity contribution in [2.75, 3.05) is 80.2 Å². The van der Waals surface area contributed by atoms with E-state index in [0.717, 1.165) is 0 Å². The Labute approximate surface area is 294 Å². The molecule has 0 saturated carbocycles. The molecule has 16 nitrogen and oxygen atoms in total. The lowest BCUT2D eigenvalue weighted by atomic mass is 9.96. The highest BCUT2D eigenvalue weighted by atomic mass is 32.5. The van der Waals surface area contributed by atoms with Crippen molar-refractivity contribution in [1.82, 2.24) is 0 Å². The first-order valence-electron chi connectivity index (χ1n) is 14.8. The predicted octanol–water partition coefficient (Wildman–Crippen LogP) is -0.773. The molecule has 11 unspecified atom stereocenters. The Morgan fingerprint density at radius 1 is 0.723 bits per heavy atom. The van der Waals surface area contributed by atoms with Gasteiger partial charge in [-0.15, -0.1) is 0 Å². The van der Waals surface area contributed by atoms with Crippen molar-refractivity contribution in [2.45, 2.75) is 67.9 Å². The Kier molecular flexibility index (Phi) is 19.3. The average Bonchev–Trinajstić information content (AvgIpc) is 3.69. The Hall–Kier alpha value is 1.44. The molecule has 0 aromatic heterocycles. The Morgan fingerprint density at radius 3 is 1.91 bits per heavy atom. The second kappa shape index (κ2) is 21.2. The lowest BCUT2D eigenvalue weighted by Crippen LogP contribution is -2.33. The van der Waals surface area contributed by atoms with Gasteiger partial charge >= 0.3 is 6.72 Å². The van der Waals surface area contributed by atoms with Crippen LogP contribution in [0.4, 0.5) is 0 Å². The van der Waals surface area contributed by atoms with Crippen molar-refractivity contribution < 1.29 is 69.9 Å². The first-order valence-corrected chi connectivity index (χ1v) is 22.5. The van der Waals surface area contributed by atoms with Crippen molar-refractivity contribution in [3.8, 4) is 0 Å².